The minimum atomic E-state index is -0.991. The highest BCUT2D eigenvalue weighted by atomic mass is 16.5. The summed E-state index contributed by atoms with van der Waals surface area (Å²) >= 11 is 0. The van der Waals surface area contributed by atoms with Crippen molar-refractivity contribution in [1.29, 1.82) is 0 Å². The van der Waals surface area contributed by atoms with Gasteiger partial charge in [-0.2, -0.15) is 0 Å². The van der Waals surface area contributed by atoms with Gasteiger partial charge in [0.2, 0.25) is 11.8 Å². The van der Waals surface area contributed by atoms with Crippen molar-refractivity contribution in [3.63, 3.8) is 0 Å². The molecule has 1 fully saturated rings. The molecule has 1 saturated heterocycles. The molecule has 2 aromatic rings. The zero-order valence-electron chi connectivity index (χ0n) is 19.9. The van der Waals surface area contributed by atoms with E-state index in [2.05, 4.69) is 20.9 Å². The predicted octanol–water partition coefficient (Wildman–Crippen LogP) is 1.51. The van der Waals surface area contributed by atoms with Crippen LogP contribution >= 0.6 is 0 Å². The van der Waals surface area contributed by atoms with Gasteiger partial charge in [0.05, 0.1) is 14.2 Å². The highest BCUT2D eigenvalue weighted by Crippen LogP contribution is 2.26. The van der Waals surface area contributed by atoms with Crippen LogP contribution in [0.4, 0.5) is 0 Å². The highest BCUT2D eigenvalue weighted by Gasteiger charge is 2.34. The zero-order valence-corrected chi connectivity index (χ0v) is 19.9. The van der Waals surface area contributed by atoms with Crippen molar-refractivity contribution in [2.24, 2.45) is 11.8 Å². The van der Waals surface area contributed by atoms with Crippen molar-refractivity contribution in [3.8, 4) is 5.75 Å². The van der Waals surface area contributed by atoms with Gasteiger partial charge in [-0.3, -0.25) is 14.4 Å². The molecule has 4 N–H and O–H groups in total. The quantitative estimate of drug-likeness (QED) is 0.387. The summed E-state index contributed by atoms with van der Waals surface area (Å²) in [4.78, 5) is 53.5. The van der Waals surface area contributed by atoms with E-state index in [4.69, 9.17) is 9.47 Å². The fourth-order valence-electron chi connectivity index (χ4n) is 4.15. The molecule has 34 heavy (non-hydrogen) atoms. The molecule has 0 spiro atoms. The van der Waals surface area contributed by atoms with Crippen molar-refractivity contribution >= 4 is 34.6 Å². The van der Waals surface area contributed by atoms with Gasteiger partial charge in [-0.15, -0.1) is 0 Å². The molecule has 1 aliphatic rings. The van der Waals surface area contributed by atoms with Crippen molar-refractivity contribution in [2.75, 3.05) is 20.8 Å². The first kappa shape index (κ1) is 25.1. The molecule has 2 heterocycles. The zero-order chi connectivity index (χ0) is 24.8. The Labute approximate surface area is 198 Å². The lowest BCUT2D eigenvalue weighted by Gasteiger charge is -2.24. The number of carbonyl (C=O) groups excluding carboxylic acids is 4. The second-order valence-electron chi connectivity index (χ2n) is 8.86. The molecule has 0 bridgehead atoms. The van der Waals surface area contributed by atoms with E-state index >= 15 is 0 Å². The molecule has 1 aromatic heterocycles. The number of H-pyrrole nitrogens is 1. The Bertz CT molecular complexity index is 1060. The van der Waals surface area contributed by atoms with Gasteiger partial charge in [0, 0.05) is 23.4 Å². The fraction of sp³-hybridized carbons (Fsp3) is 0.500. The number of methoxy groups -OCH3 is 2. The van der Waals surface area contributed by atoms with E-state index in [-0.39, 0.29) is 29.9 Å². The van der Waals surface area contributed by atoms with Crippen molar-refractivity contribution in [2.45, 2.75) is 45.2 Å². The van der Waals surface area contributed by atoms with Crippen LogP contribution in [0.2, 0.25) is 0 Å². The molecule has 0 aliphatic carbocycles. The predicted molar refractivity (Wildman–Crippen MR) is 125 cm³/mol. The van der Waals surface area contributed by atoms with E-state index in [0.717, 1.165) is 10.9 Å². The number of fused-ring (bicyclic) bond motifs is 1. The first-order valence-corrected chi connectivity index (χ1v) is 11.4. The lowest BCUT2D eigenvalue weighted by Crippen LogP contribution is -2.53. The minimum absolute atomic E-state index is 0.0936. The van der Waals surface area contributed by atoms with Gasteiger partial charge in [-0.1, -0.05) is 19.9 Å². The maximum Gasteiger partial charge on any atom is 0.328 e. The number of ether oxygens (including phenoxy) is 2. The molecule has 1 aliphatic heterocycles. The van der Waals surface area contributed by atoms with Gasteiger partial charge in [-0.25, -0.2) is 4.79 Å². The average molecular weight is 473 g/mol. The van der Waals surface area contributed by atoms with E-state index in [1.165, 1.54) is 7.11 Å². The normalized spacial score (nSPS) is 17.2. The largest absolute Gasteiger partial charge is 0.496 e. The third-order valence-corrected chi connectivity index (χ3v) is 5.90. The number of carbonyl (C=O) groups is 4. The third kappa shape index (κ3) is 5.86. The molecule has 184 valence electrons. The number of hydrogen-bond acceptors (Lipinski definition) is 6. The number of aromatic nitrogens is 1. The number of amides is 3. The number of hydrogen-bond donors (Lipinski definition) is 4. The van der Waals surface area contributed by atoms with Crippen LogP contribution in [-0.4, -0.2) is 61.5 Å². The summed E-state index contributed by atoms with van der Waals surface area (Å²) in [5.74, 6) is -1.41. The van der Waals surface area contributed by atoms with Crippen molar-refractivity contribution in [1.82, 2.24) is 20.9 Å². The molecule has 3 atom stereocenters. The van der Waals surface area contributed by atoms with E-state index in [0.29, 0.717) is 25.1 Å². The number of nitrogens with one attached hydrogen (secondary N) is 4. The van der Waals surface area contributed by atoms with Gasteiger partial charge < -0.3 is 30.4 Å². The summed E-state index contributed by atoms with van der Waals surface area (Å²) in [7, 11) is 2.78. The summed E-state index contributed by atoms with van der Waals surface area (Å²) in [6, 6.07) is 5.23. The first-order valence-electron chi connectivity index (χ1n) is 11.4. The molecular formula is C24H32N4O6. The van der Waals surface area contributed by atoms with Gasteiger partial charge in [0.15, 0.2) is 0 Å². The third-order valence-electron chi connectivity index (χ3n) is 5.90. The summed E-state index contributed by atoms with van der Waals surface area (Å²) in [5, 5.41) is 8.93. The average Bonchev–Trinajstić information content (AvgIpc) is 3.43. The number of esters is 1. The topological polar surface area (TPSA) is 139 Å². The van der Waals surface area contributed by atoms with Gasteiger partial charge >= 0.3 is 5.97 Å². The second-order valence-corrected chi connectivity index (χ2v) is 8.86. The van der Waals surface area contributed by atoms with Crippen LogP contribution in [0, 0.1) is 11.8 Å². The molecule has 1 aromatic carbocycles. The van der Waals surface area contributed by atoms with Crippen LogP contribution in [0.3, 0.4) is 0 Å². The number of rotatable bonds is 10. The van der Waals surface area contributed by atoms with E-state index in [9.17, 15) is 19.2 Å². The molecule has 3 amide bonds. The van der Waals surface area contributed by atoms with Crippen LogP contribution in [0.5, 0.6) is 5.75 Å². The van der Waals surface area contributed by atoms with Gasteiger partial charge in [-0.05, 0) is 43.4 Å². The molecule has 3 rings (SSSR count). The minimum Gasteiger partial charge on any atom is -0.496 e. The smallest absolute Gasteiger partial charge is 0.328 e. The molecule has 10 heteroatoms. The van der Waals surface area contributed by atoms with Crippen LogP contribution in [-0.2, 0) is 19.1 Å². The standard InChI is InChI=1S/C24H32N4O6/c1-13(2)10-17(22(30)28-19(24(32)34-4)11-14-8-9-25-21(14)29)27-23(31)18-12-15-16(26-18)6-5-7-20(15)33-3/h5-7,12-14,17,19,26H,8-11H2,1-4H3,(H,25,29)(H,27,31)(H,28,30)/t14-,17-,19-/m0/s1. The van der Waals surface area contributed by atoms with Crippen LogP contribution in [0.15, 0.2) is 24.3 Å². The lowest BCUT2D eigenvalue weighted by molar-refractivity contribution is -0.146. The lowest BCUT2D eigenvalue weighted by atomic mass is 9.97. The summed E-state index contributed by atoms with van der Waals surface area (Å²) in [6.45, 7) is 4.40. The Hall–Kier alpha value is -3.56. The Kier molecular flexibility index (Phi) is 8.14. The summed E-state index contributed by atoms with van der Waals surface area (Å²) < 4.78 is 10.2. The van der Waals surface area contributed by atoms with E-state index in [1.807, 2.05) is 26.0 Å². The molecule has 0 radical (unpaired) electrons. The Morgan fingerprint density at radius 1 is 1.15 bits per heavy atom. The maximum absolute atomic E-state index is 13.1. The van der Waals surface area contributed by atoms with E-state index < -0.39 is 29.9 Å². The second kappa shape index (κ2) is 11.0. The monoisotopic (exact) mass is 472 g/mol. The summed E-state index contributed by atoms with van der Waals surface area (Å²) in [6.07, 6.45) is 1.07. The molecule has 0 saturated carbocycles. The fourth-order valence-corrected chi connectivity index (χ4v) is 4.15. The van der Waals surface area contributed by atoms with Crippen molar-refractivity contribution in [3.05, 3.63) is 30.0 Å². The van der Waals surface area contributed by atoms with Gasteiger partial charge in [0.25, 0.3) is 5.91 Å². The Balaban J connectivity index is 1.75. The number of aromatic amines is 1. The first-order chi connectivity index (χ1) is 16.2. The maximum atomic E-state index is 13.1. The molecule has 10 nitrogen and oxygen atoms in total. The van der Waals surface area contributed by atoms with E-state index in [1.54, 1.807) is 19.2 Å². The Morgan fingerprint density at radius 2 is 1.91 bits per heavy atom. The SMILES string of the molecule is COC(=O)[C@H](C[C@@H]1CCNC1=O)NC(=O)[C@H](CC(C)C)NC(=O)c1cc2c(OC)cccc2[nH]1. The summed E-state index contributed by atoms with van der Waals surface area (Å²) in [5.41, 5.74) is 1.02. The van der Waals surface area contributed by atoms with Crippen LogP contribution < -0.4 is 20.7 Å². The highest BCUT2D eigenvalue weighted by molar-refractivity contribution is 6.01. The van der Waals surface area contributed by atoms with Crippen LogP contribution in [0.1, 0.15) is 43.6 Å². The molecular weight excluding hydrogens is 440 g/mol. The van der Waals surface area contributed by atoms with Gasteiger partial charge in [0.1, 0.15) is 23.5 Å². The number of benzene rings is 1. The Morgan fingerprint density at radius 3 is 2.53 bits per heavy atom. The molecule has 0 unspecified atom stereocenters. The van der Waals surface area contributed by atoms with Crippen LogP contribution in [0.25, 0.3) is 10.9 Å². The van der Waals surface area contributed by atoms with Crippen molar-refractivity contribution < 1.29 is 28.7 Å².